The molecule has 0 bridgehead atoms. The van der Waals surface area contributed by atoms with Gasteiger partial charge in [-0.05, 0) is 24.1 Å². The van der Waals surface area contributed by atoms with Gasteiger partial charge in [0.1, 0.15) is 0 Å². The summed E-state index contributed by atoms with van der Waals surface area (Å²) in [6.45, 7) is 6.94. The van der Waals surface area contributed by atoms with Crippen LogP contribution in [0.5, 0.6) is 0 Å². The molecular weight excluding hydrogens is 254 g/mol. The van der Waals surface area contributed by atoms with Crippen LogP contribution >= 0.6 is 22.9 Å². The first-order valence-corrected chi connectivity index (χ1v) is 6.98. The van der Waals surface area contributed by atoms with Crippen LogP contribution in [0, 0.1) is 5.92 Å². The average Bonchev–Trinajstić information content (AvgIpc) is 2.68. The van der Waals surface area contributed by atoms with Crippen LogP contribution in [0.3, 0.4) is 0 Å². The van der Waals surface area contributed by atoms with E-state index in [9.17, 15) is 0 Å². The Bertz CT molecular complexity index is 360. The lowest BCUT2D eigenvalue weighted by Crippen LogP contribution is -2.23. The highest BCUT2D eigenvalue weighted by Gasteiger charge is 2.04. The van der Waals surface area contributed by atoms with Crippen LogP contribution in [-0.4, -0.2) is 26.8 Å². The number of halogens is 1. The van der Waals surface area contributed by atoms with Crippen molar-refractivity contribution >= 4 is 29.0 Å². The summed E-state index contributed by atoms with van der Waals surface area (Å²) >= 11 is 7.54. The van der Waals surface area contributed by atoms with Gasteiger partial charge in [-0.25, -0.2) is 0 Å². The molecular formula is C13H20ClNOS. The summed E-state index contributed by atoms with van der Waals surface area (Å²) in [6, 6.07) is 4.00. The van der Waals surface area contributed by atoms with Crippen LogP contribution in [0.4, 0.5) is 0 Å². The van der Waals surface area contributed by atoms with Gasteiger partial charge < -0.3 is 10.1 Å². The van der Waals surface area contributed by atoms with Gasteiger partial charge in [0, 0.05) is 25.1 Å². The summed E-state index contributed by atoms with van der Waals surface area (Å²) in [4.78, 5) is 1.22. The second-order valence-corrected chi connectivity index (χ2v) is 5.93. The quantitative estimate of drug-likeness (QED) is 0.766. The Morgan fingerprint density at radius 1 is 1.53 bits per heavy atom. The van der Waals surface area contributed by atoms with Crippen molar-refractivity contribution in [2.45, 2.75) is 13.8 Å². The van der Waals surface area contributed by atoms with Gasteiger partial charge in [-0.2, -0.15) is 0 Å². The number of thiophene rings is 1. The van der Waals surface area contributed by atoms with E-state index >= 15 is 0 Å². The van der Waals surface area contributed by atoms with E-state index in [2.05, 4.69) is 31.3 Å². The number of hydrogen-bond acceptors (Lipinski definition) is 3. The summed E-state index contributed by atoms with van der Waals surface area (Å²) < 4.78 is 5.85. The van der Waals surface area contributed by atoms with Crippen molar-refractivity contribution < 1.29 is 4.74 Å². The van der Waals surface area contributed by atoms with E-state index in [1.54, 1.807) is 18.4 Å². The van der Waals surface area contributed by atoms with Crippen LogP contribution < -0.4 is 5.32 Å². The molecule has 0 aliphatic carbocycles. The first-order chi connectivity index (χ1) is 8.13. The molecule has 0 aliphatic heterocycles. The molecule has 0 saturated carbocycles. The maximum Gasteiger partial charge on any atom is 0.0934 e. The first-order valence-electron chi connectivity index (χ1n) is 5.79. The molecule has 17 heavy (non-hydrogen) atoms. The van der Waals surface area contributed by atoms with Gasteiger partial charge in [-0.1, -0.05) is 31.0 Å². The molecule has 4 heteroatoms. The van der Waals surface area contributed by atoms with Gasteiger partial charge in [-0.15, -0.1) is 11.3 Å². The summed E-state index contributed by atoms with van der Waals surface area (Å²) in [5.41, 5.74) is 1.39. The van der Waals surface area contributed by atoms with Gasteiger partial charge in [-0.3, -0.25) is 0 Å². The predicted molar refractivity (Wildman–Crippen MR) is 76.9 cm³/mol. The molecule has 0 spiro atoms. The Morgan fingerprint density at radius 3 is 2.82 bits per heavy atom. The number of ether oxygens (including phenoxy) is 1. The SMILES string of the molecule is COCCNCC(=Cc1ccc(Cl)s1)C(C)C. The fraction of sp³-hybridized carbons (Fsp3) is 0.538. The molecule has 0 saturated heterocycles. The van der Waals surface area contributed by atoms with Crippen molar-refractivity contribution in [1.82, 2.24) is 5.32 Å². The third-order valence-corrected chi connectivity index (χ3v) is 3.65. The van der Waals surface area contributed by atoms with E-state index in [1.165, 1.54) is 10.5 Å². The molecule has 1 aromatic rings. The smallest absolute Gasteiger partial charge is 0.0934 e. The minimum atomic E-state index is 0.533. The van der Waals surface area contributed by atoms with Crippen molar-refractivity contribution in [2.75, 3.05) is 26.8 Å². The minimum Gasteiger partial charge on any atom is -0.383 e. The van der Waals surface area contributed by atoms with Gasteiger partial charge in [0.25, 0.3) is 0 Å². The van der Waals surface area contributed by atoms with E-state index in [4.69, 9.17) is 16.3 Å². The molecule has 0 fully saturated rings. The zero-order valence-electron chi connectivity index (χ0n) is 10.6. The van der Waals surface area contributed by atoms with Crippen molar-refractivity contribution in [3.63, 3.8) is 0 Å². The minimum absolute atomic E-state index is 0.533. The number of hydrogen-bond donors (Lipinski definition) is 1. The molecule has 0 radical (unpaired) electrons. The summed E-state index contributed by atoms with van der Waals surface area (Å²) in [5, 5.41) is 3.37. The van der Waals surface area contributed by atoms with Gasteiger partial charge in [0.2, 0.25) is 0 Å². The lowest BCUT2D eigenvalue weighted by molar-refractivity contribution is 0.200. The van der Waals surface area contributed by atoms with Crippen molar-refractivity contribution in [3.8, 4) is 0 Å². The fourth-order valence-corrected chi connectivity index (χ4v) is 2.46. The van der Waals surface area contributed by atoms with E-state index in [1.807, 2.05) is 6.07 Å². The van der Waals surface area contributed by atoms with E-state index < -0.39 is 0 Å². The Kier molecular flexibility index (Phi) is 6.82. The summed E-state index contributed by atoms with van der Waals surface area (Å²) in [5.74, 6) is 0.533. The molecule has 0 amide bonds. The number of methoxy groups -OCH3 is 1. The molecule has 2 nitrogen and oxygen atoms in total. The highest BCUT2D eigenvalue weighted by Crippen LogP contribution is 2.24. The van der Waals surface area contributed by atoms with Crippen molar-refractivity contribution in [3.05, 3.63) is 26.9 Å². The molecule has 96 valence electrons. The van der Waals surface area contributed by atoms with Gasteiger partial charge in [0.15, 0.2) is 0 Å². The molecule has 0 atom stereocenters. The molecule has 1 N–H and O–H groups in total. The normalized spacial score (nSPS) is 12.4. The Balaban J connectivity index is 2.56. The van der Waals surface area contributed by atoms with Gasteiger partial charge in [0.05, 0.1) is 10.9 Å². The largest absolute Gasteiger partial charge is 0.383 e. The topological polar surface area (TPSA) is 21.3 Å². The zero-order valence-corrected chi connectivity index (χ0v) is 12.2. The van der Waals surface area contributed by atoms with E-state index in [-0.39, 0.29) is 0 Å². The van der Waals surface area contributed by atoms with Crippen LogP contribution in [0.25, 0.3) is 6.08 Å². The fourth-order valence-electron chi connectivity index (χ4n) is 1.42. The Morgan fingerprint density at radius 2 is 2.29 bits per heavy atom. The van der Waals surface area contributed by atoms with Crippen LogP contribution in [0.1, 0.15) is 18.7 Å². The Hall–Kier alpha value is -0.350. The maximum absolute atomic E-state index is 5.93. The Labute approximate surface area is 113 Å². The highest BCUT2D eigenvalue weighted by atomic mass is 35.5. The number of rotatable bonds is 7. The van der Waals surface area contributed by atoms with E-state index in [0.29, 0.717) is 5.92 Å². The standard InChI is InChI=1S/C13H20ClNOS/c1-10(2)11(9-15-6-7-16-3)8-12-4-5-13(14)17-12/h4-5,8,10,15H,6-7,9H2,1-3H3. The predicted octanol–water partition coefficient (Wildman–Crippen LogP) is 3.68. The lowest BCUT2D eigenvalue weighted by Gasteiger charge is -2.12. The van der Waals surface area contributed by atoms with Crippen LogP contribution in [-0.2, 0) is 4.74 Å². The monoisotopic (exact) mass is 273 g/mol. The molecule has 1 rings (SSSR count). The molecule has 0 aliphatic rings. The zero-order chi connectivity index (χ0) is 12.7. The summed E-state index contributed by atoms with van der Waals surface area (Å²) in [6.07, 6.45) is 2.22. The summed E-state index contributed by atoms with van der Waals surface area (Å²) in [7, 11) is 1.72. The van der Waals surface area contributed by atoms with Crippen LogP contribution in [0.15, 0.2) is 17.7 Å². The third-order valence-electron chi connectivity index (χ3n) is 2.48. The average molecular weight is 274 g/mol. The second-order valence-electron chi connectivity index (χ2n) is 4.19. The third kappa shape index (κ3) is 5.68. The lowest BCUT2D eigenvalue weighted by atomic mass is 10.0. The number of nitrogens with one attached hydrogen (secondary N) is 1. The van der Waals surface area contributed by atoms with Crippen molar-refractivity contribution in [2.24, 2.45) is 5.92 Å². The first kappa shape index (κ1) is 14.7. The maximum atomic E-state index is 5.93. The second kappa shape index (κ2) is 7.88. The molecule has 0 unspecified atom stereocenters. The van der Waals surface area contributed by atoms with Crippen LogP contribution in [0.2, 0.25) is 4.34 Å². The molecule has 1 aromatic heterocycles. The van der Waals surface area contributed by atoms with Gasteiger partial charge >= 0.3 is 0 Å². The van der Waals surface area contributed by atoms with E-state index in [0.717, 1.165) is 24.0 Å². The highest BCUT2D eigenvalue weighted by molar-refractivity contribution is 7.17. The molecule has 0 aromatic carbocycles. The molecule has 1 heterocycles. The van der Waals surface area contributed by atoms with Crippen molar-refractivity contribution in [1.29, 1.82) is 0 Å².